The van der Waals surface area contributed by atoms with Gasteiger partial charge >= 0.3 is 5.97 Å². The van der Waals surface area contributed by atoms with Crippen LogP contribution in [0.3, 0.4) is 0 Å². The van der Waals surface area contributed by atoms with Gasteiger partial charge in [0.05, 0.1) is 6.42 Å². The van der Waals surface area contributed by atoms with Gasteiger partial charge < -0.3 is 10.2 Å². The van der Waals surface area contributed by atoms with E-state index in [4.69, 9.17) is 21.8 Å². The van der Waals surface area contributed by atoms with Crippen LogP contribution < -0.4 is 0 Å². The lowest BCUT2D eigenvalue weighted by atomic mass is 10.0. The van der Waals surface area contributed by atoms with E-state index in [0.717, 1.165) is 0 Å². The highest BCUT2D eigenvalue weighted by atomic mass is 35.5. The van der Waals surface area contributed by atoms with Gasteiger partial charge in [-0.25, -0.2) is 0 Å². The summed E-state index contributed by atoms with van der Waals surface area (Å²) in [6, 6.07) is 0. The molecule has 0 bridgehead atoms. The molecule has 0 aromatic rings. The maximum Gasteiger partial charge on any atom is 0.303 e. The van der Waals surface area contributed by atoms with Crippen molar-refractivity contribution in [2.45, 2.75) is 12.8 Å². The third-order valence-corrected chi connectivity index (χ3v) is 1.46. The average Bonchev–Trinajstić information content (AvgIpc) is 1.86. The Morgan fingerprint density at radius 2 is 2.20 bits per heavy atom. The predicted octanol–water partition coefficient (Wildman–Crippen LogP) is 0.699. The van der Waals surface area contributed by atoms with Gasteiger partial charge in [-0.2, -0.15) is 0 Å². The van der Waals surface area contributed by atoms with Crippen LogP contribution in [-0.4, -0.2) is 28.7 Å². The molecule has 0 rings (SSSR count). The molecule has 60 valence electrons. The summed E-state index contributed by atoms with van der Waals surface area (Å²) in [7, 11) is 0. The molecule has 2 N–H and O–H groups in total. The summed E-state index contributed by atoms with van der Waals surface area (Å²) < 4.78 is 0. The standard InChI is InChI=1S/C6H11ClO3/c7-2-1-5(4-8)3-6(9)10/h5,8H,1-4H2,(H,9,10). The molecule has 0 saturated carbocycles. The lowest BCUT2D eigenvalue weighted by Gasteiger charge is -2.07. The van der Waals surface area contributed by atoms with E-state index in [1.807, 2.05) is 0 Å². The van der Waals surface area contributed by atoms with E-state index >= 15 is 0 Å². The Morgan fingerprint density at radius 3 is 2.50 bits per heavy atom. The monoisotopic (exact) mass is 166 g/mol. The number of aliphatic hydroxyl groups is 1. The minimum Gasteiger partial charge on any atom is -0.481 e. The Labute approximate surface area is 64.6 Å². The zero-order chi connectivity index (χ0) is 7.98. The highest BCUT2D eigenvalue weighted by molar-refractivity contribution is 6.17. The molecule has 0 aliphatic heterocycles. The maximum atomic E-state index is 10.1. The molecule has 0 aromatic carbocycles. The summed E-state index contributed by atoms with van der Waals surface area (Å²) in [5, 5.41) is 16.9. The van der Waals surface area contributed by atoms with Crippen LogP contribution in [0.1, 0.15) is 12.8 Å². The molecule has 0 aliphatic rings. The van der Waals surface area contributed by atoms with Gasteiger partial charge in [0.2, 0.25) is 0 Å². The van der Waals surface area contributed by atoms with Crippen LogP contribution in [0.5, 0.6) is 0 Å². The fraction of sp³-hybridized carbons (Fsp3) is 0.833. The van der Waals surface area contributed by atoms with Gasteiger partial charge in [-0.15, -0.1) is 11.6 Å². The van der Waals surface area contributed by atoms with Crippen LogP contribution in [0.2, 0.25) is 0 Å². The minimum atomic E-state index is -0.885. The van der Waals surface area contributed by atoms with Crippen molar-refractivity contribution in [3.63, 3.8) is 0 Å². The lowest BCUT2D eigenvalue weighted by molar-refractivity contribution is -0.138. The molecule has 0 fully saturated rings. The molecule has 0 spiro atoms. The van der Waals surface area contributed by atoms with E-state index < -0.39 is 5.97 Å². The molecular formula is C6H11ClO3. The third-order valence-electron chi connectivity index (χ3n) is 1.24. The summed E-state index contributed by atoms with van der Waals surface area (Å²) in [4.78, 5) is 10.1. The number of carbonyl (C=O) groups is 1. The summed E-state index contributed by atoms with van der Waals surface area (Å²) in [6.45, 7) is -0.0982. The van der Waals surface area contributed by atoms with Crippen molar-refractivity contribution in [2.24, 2.45) is 5.92 Å². The van der Waals surface area contributed by atoms with Crippen LogP contribution in [0.25, 0.3) is 0 Å². The Balaban J connectivity index is 3.49. The number of carboxylic acids is 1. The molecule has 0 aromatic heterocycles. The summed E-state index contributed by atoms with van der Waals surface area (Å²) >= 11 is 5.35. The number of carboxylic acid groups (broad SMARTS) is 1. The van der Waals surface area contributed by atoms with Gasteiger partial charge in [-0.1, -0.05) is 0 Å². The zero-order valence-corrected chi connectivity index (χ0v) is 6.34. The first kappa shape index (κ1) is 9.72. The number of rotatable bonds is 5. The van der Waals surface area contributed by atoms with Gasteiger partial charge in [0.1, 0.15) is 0 Å². The van der Waals surface area contributed by atoms with Crippen LogP contribution in [0, 0.1) is 5.92 Å². The first-order valence-electron chi connectivity index (χ1n) is 3.09. The smallest absolute Gasteiger partial charge is 0.303 e. The van der Waals surface area contributed by atoms with Gasteiger partial charge in [0.15, 0.2) is 0 Å². The number of aliphatic hydroxyl groups excluding tert-OH is 1. The molecule has 4 heteroatoms. The lowest BCUT2D eigenvalue weighted by Crippen LogP contribution is -2.12. The predicted molar refractivity (Wildman–Crippen MR) is 38.2 cm³/mol. The molecule has 0 heterocycles. The van der Waals surface area contributed by atoms with Crippen LogP contribution in [0.4, 0.5) is 0 Å². The average molecular weight is 167 g/mol. The van der Waals surface area contributed by atoms with Gasteiger partial charge in [-0.05, 0) is 12.3 Å². The van der Waals surface area contributed by atoms with Crippen molar-refractivity contribution in [1.29, 1.82) is 0 Å². The molecule has 10 heavy (non-hydrogen) atoms. The van der Waals surface area contributed by atoms with Gasteiger partial charge in [0.25, 0.3) is 0 Å². The molecule has 3 nitrogen and oxygen atoms in total. The molecule has 1 unspecified atom stereocenters. The van der Waals surface area contributed by atoms with Crippen LogP contribution in [0.15, 0.2) is 0 Å². The molecule has 1 atom stereocenters. The van der Waals surface area contributed by atoms with Crippen molar-refractivity contribution in [3.05, 3.63) is 0 Å². The third kappa shape index (κ3) is 4.58. The molecule has 0 radical (unpaired) electrons. The SMILES string of the molecule is O=C(O)CC(CO)CCCl. The summed E-state index contributed by atoms with van der Waals surface area (Å²) in [5.74, 6) is -0.669. The van der Waals surface area contributed by atoms with E-state index in [0.29, 0.717) is 12.3 Å². The molecule has 0 aliphatic carbocycles. The van der Waals surface area contributed by atoms with E-state index in [1.165, 1.54) is 0 Å². The second-order valence-electron chi connectivity index (χ2n) is 2.12. The summed E-state index contributed by atoms with van der Waals surface area (Å²) in [5.41, 5.74) is 0. The number of hydrogen-bond acceptors (Lipinski definition) is 2. The first-order valence-corrected chi connectivity index (χ1v) is 3.62. The van der Waals surface area contributed by atoms with Crippen molar-refractivity contribution in [3.8, 4) is 0 Å². The molecular weight excluding hydrogens is 156 g/mol. The normalized spacial score (nSPS) is 13.0. The number of alkyl halides is 1. The minimum absolute atomic E-state index is 0.00319. The fourth-order valence-electron chi connectivity index (χ4n) is 0.659. The number of aliphatic carboxylic acids is 1. The maximum absolute atomic E-state index is 10.1. The second-order valence-corrected chi connectivity index (χ2v) is 2.50. The van der Waals surface area contributed by atoms with E-state index in [9.17, 15) is 4.79 Å². The van der Waals surface area contributed by atoms with E-state index in [1.54, 1.807) is 0 Å². The highest BCUT2D eigenvalue weighted by Gasteiger charge is 2.10. The second kappa shape index (κ2) is 5.50. The van der Waals surface area contributed by atoms with Crippen molar-refractivity contribution in [1.82, 2.24) is 0 Å². The first-order chi connectivity index (χ1) is 4.70. The van der Waals surface area contributed by atoms with Crippen LogP contribution in [-0.2, 0) is 4.79 Å². The Kier molecular flexibility index (Phi) is 5.35. The van der Waals surface area contributed by atoms with E-state index in [-0.39, 0.29) is 18.9 Å². The highest BCUT2D eigenvalue weighted by Crippen LogP contribution is 2.07. The number of halogens is 1. The molecule has 0 saturated heterocycles. The quantitative estimate of drug-likeness (QED) is 0.592. The van der Waals surface area contributed by atoms with E-state index in [2.05, 4.69) is 0 Å². The van der Waals surface area contributed by atoms with Crippen molar-refractivity contribution in [2.75, 3.05) is 12.5 Å². The Morgan fingerprint density at radius 1 is 1.60 bits per heavy atom. The Bertz CT molecular complexity index is 105. The Hall–Kier alpha value is -0.280. The topological polar surface area (TPSA) is 57.5 Å². The zero-order valence-electron chi connectivity index (χ0n) is 5.59. The van der Waals surface area contributed by atoms with Crippen molar-refractivity contribution < 1.29 is 15.0 Å². The van der Waals surface area contributed by atoms with Gasteiger partial charge in [-0.3, -0.25) is 4.79 Å². The molecule has 0 amide bonds. The van der Waals surface area contributed by atoms with Crippen molar-refractivity contribution >= 4 is 17.6 Å². The summed E-state index contributed by atoms with van der Waals surface area (Å²) in [6.07, 6.45) is 0.563. The largest absolute Gasteiger partial charge is 0.481 e. The fourth-order valence-corrected chi connectivity index (χ4v) is 0.968. The van der Waals surface area contributed by atoms with Gasteiger partial charge in [0, 0.05) is 12.5 Å². The van der Waals surface area contributed by atoms with Crippen LogP contribution >= 0.6 is 11.6 Å². The number of hydrogen-bond donors (Lipinski definition) is 2.